The van der Waals surface area contributed by atoms with Crippen molar-refractivity contribution in [1.29, 1.82) is 0 Å². The second-order valence-corrected chi connectivity index (χ2v) is 5.58. The number of nitrogens with one attached hydrogen (secondary N) is 2. The van der Waals surface area contributed by atoms with Gasteiger partial charge in [0, 0.05) is 12.2 Å². The molecule has 132 valence electrons. The summed E-state index contributed by atoms with van der Waals surface area (Å²) < 4.78 is 0. The van der Waals surface area contributed by atoms with Crippen LogP contribution < -0.4 is 10.7 Å². The molecule has 0 aliphatic rings. The summed E-state index contributed by atoms with van der Waals surface area (Å²) in [6, 6.07) is 5.65. The number of hydrogen-bond donors (Lipinski definition) is 4. The van der Waals surface area contributed by atoms with E-state index in [1.165, 1.54) is 0 Å². The maximum Gasteiger partial charge on any atom is 0.405 e. The molecule has 1 rings (SSSR count). The number of aliphatic hydroxyl groups is 1. The molecule has 1 aromatic carbocycles. The van der Waals surface area contributed by atoms with Gasteiger partial charge in [-0.2, -0.15) is 0 Å². The number of hydrazine groups is 1. The largest absolute Gasteiger partial charge is 0.465 e. The Bertz CT molecular complexity index is 549. The fourth-order valence-electron chi connectivity index (χ4n) is 2.11. The summed E-state index contributed by atoms with van der Waals surface area (Å²) in [6.45, 7) is 3.62. The summed E-state index contributed by atoms with van der Waals surface area (Å²) in [7, 11) is 0. The second kappa shape index (κ2) is 9.64. The average Bonchev–Trinajstić information content (AvgIpc) is 2.58. The molecule has 0 bridgehead atoms. The summed E-state index contributed by atoms with van der Waals surface area (Å²) >= 11 is 0. The van der Waals surface area contributed by atoms with E-state index in [4.69, 9.17) is 10.2 Å². The Kier molecular flexibility index (Phi) is 7.87. The van der Waals surface area contributed by atoms with Gasteiger partial charge in [0.15, 0.2) is 0 Å². The molecule has 0 saturated carbocycles. The number of carbonyl (C=O) groups is 3. The first-order chi connectivity index (χ1) is 11.4. The number of rotatable bonds is 10. The van der Waals surface area contributed by atoms with Gasteiger partial charge in [-0.05, 0) is 30.5 Å². The predicted octanol–water partition coefficient (Wildman–Crippen LogP) is 0.866. The van der Waals surface area contributed by atoms with Gasteiger partial charge in [-0.1, -0.05) is 19.1 Å². The van der Waals surface area contributed by atoms with Crippen LogP contribution in [0.2, 0.25) is 0 Å². The average molecular weight is 337 g/mol. The Labute approximate surface area is 140 Å². The van der Waals surface area contributed by atoms with Crippen molar-refractivity contribution < 1.29 is 24.6 Å². The molecule has 8 heteroatoms. The molecule has 1 amide bonds. The van der Waals surface area contributed by atoms with Gasteiger partial charge in [-0.15, -0.1) is 0 Å². The first-order valence-electron chi connectivity index (χ1n) is 7.54. The summed E-state index contributed by atoms with van der Waals surface area (Å²) in [6.07, 6.45) is 0.0162. The van der Waals surface area contributed by atoms with Crippen LogP contribution in [0, 0.1) is 5.92 Å². The molecule has 0 fully saturated rings. The van der Waals surface area contributed by atoms with Crippen molar-refractivity contribution in [2.45, 2.75) is 32.5 Å². The number of aliphatic hydroxyl groups excluding tert-OH is 1. The van der Waals surface area contributed by atoms with Crippen molar-refractivity contribution >= 4 is 24.4 Å². The second-order valence-electron chi connectivity index (χ2n) is 5.58. The number of amides is 1. The fourth-order valence-corrected chi connectivity index (χ4v) is 2.11. The number of anilines is 1. The SMILES string of the molecule is CC(C=O)N(C[C@@H](C)C(C=O)NC(=O)O)Nc1ccc(CO)cc1. The molecule has 0 aliphatic carbocycles. The Morgan fingerprint density at radius 3 is 2.29 bits per heavy atom. The van der Waals surface area contributed by atoms with Gasteiger partial charge in [-0.3, -0.25) is 0 Å². The Balaban J connectivity index is 2.82. The van der Waals surface area contributed by atoms with Gasteiger partial charge in [0.05, 0.1) is 18.7 Å². The molecule has 3 atom stereocenters. The lowest BCUT2D eigenvalue weighted by molar-refractivity contribution is -0.112. The molecule has 0 saturated heterocycles. The van der Waals surface area contributed by atoms with E-state index in [0.29, 0.717) is 12.0 Å². The quantitative estimate of drug-likeness (QED) is 0.369. The third kappa shape index (κ3) is 5.98. The van der Waals surface area contributed by atoms with E-state index < -0.39 is 18.2 Å². The first kappa shape index (κ1) is 19.6. The first-order valence-corrected chi connectivity index (χ1v) is 7.54. The van der Waals surface area contributed by atoms with Gasteiger partial charge in [-0.25, -0.2) is 9.80 Å². The molecule has 0 aromatic heterocycles. The predicted molar refractivity (Wildman–Crippen MR) is 88.4 cm³/mol. The van der Waals surface area contributed by atoms with Gasteiger partial charge >= 0.3 is 6.09 Å². The summed E-state index contributed by atoms with van der Waals surface area (Å²) in [5.41, 5.74) is 4.54. The maximum atomic E-state index is 11.1. The van der Waals surface area contributed by atoms with Crippen LogP contribution in [0.5, 0.6) is 0 Å². The van der Waals surface area contributed by atoms with Gasteiger partial charge in [0.2, 0.25) is 0 Å². The maximum absolute atomic E-state index is 11.1. The van der Waals surface area contributed by atoms with Crippen molar-refractivity contribution in [3.05, 3.63) is 29.8 Å². The van der Waals surface area contributed by atoms with Crippen molar-refractivity contribution in [2.75, 3.05) is 12.0 Å². The van der Waals surface area contributed by atoms with E-state index in [1.54, 1.807) is 43.1 Å². The zero-order valence-corrected chi connectivity index (χ0v) is 13.7. The molecule has 0 radical (unpaired) electrons. The highest BCUT2D eigenvalue weighted by atomic mass is 16.4. The minimum atomic E-state index is -1.28. The van der Waals surface area contributed by atoms with Crippen LogP contribution in [-0.2, 0) is 16.2 Å². The van der Waals surface area contributed by atoms with Crippen LogP contribution in [0.4, 0.5) is 10.5 Å². The molecule has 8 nitrogen and oxygen atoms in total. The Morgan fingerprint density at radius 1 is 1.21 bits per heavy atom. The van der Waals surface area contributed by atoms with Gasteiger partial charge < -0.3 is 30.5 Å². The topological polar surface area (TPSA) is 119 Å². The molecule has 0 heterocycles. The van der Waals surface area contributed by atoms with Crippen molar-refractivity contribution in [3.8, 4) is 0 Å². The molecule has 1 aromatic rings. The molecule has 24 heavy (non-hydrogen) atoms. The third-order valence-electron chi connectivity index (χ3n) is 3.63. The molecule has 4 N–H and O–H groups in total. The fraction of sp³-hybridized carbons (Fsp3) is 0.438. The third-order valence-corrected chi connectivity index (χ3v) is 3.63. The highest BCUT2D eigenvalue weighted by Gasteiger charge is 2.23. The van der Waals surface area contributed by atoms with Crippen LogP contribution in [0.1, 0.15) is 19.4 Å². The number of carbonyl (C=O) groups excluding carboxylic acids is 2. The number of nitrogens with zero attached hydrogens (tertiary/aromatic N) is 1. The summed E-state index contributed by atoms with van der Waals surface area (Å²) in [5.74, 6) is -0.356. The Hall–Kier alpha value is -2.45. The smallest absolute Gasteiger partial charge is 0.405 e. The molecule has 2 unspecified atom stereocenters. The lowest BCUT2D eigenvalue weighted by atomic mass is 10.0. The number of benzene rings is 1. The standard InChI is InChI=1S/C16H23N3O5/c1-11(15(10-22)17-16(23)24)7-19(12(2)8-20)18-14-5-3-13(9-21)4-6-14/h3-6,8,10-12,15,17-18,21H,7,9H2,1-2H3,(H,23,24)/t11-,12?,15?/m1/s1. The van der Waals surface area contributed by atoms with Gasteiger partial charge in [0.25, 0.3) is 0 Å². The van der Waals surface area contributed by atoms with Crippen LogP contribution in [-0.4, -0.2) is 52.5 Å². The zero-order valence-electron chi connectivity index (χ0n) is 13.7. The monoisotopic (exact) mass is 337 g/mol. The lowest BCUT2D eigenvalue weighted by Crippen LogP contribution is -2.48. The minimum absolute atomic E-state index is 0.0619. The normalized spacial score (nSPS) is 14.5. The van der Waals surface area contributed by atoms with E-state index in [9.17, 15) is 14.4 Å². The van der Waals surface area contributed by atoms with Gasteiger partial charge in [0.1, 0.15) is 12.6 Å². The molecule has 0 spiro atoms. The van der Waals surface area contributed by atoms with Crippen molar-refractivity contribution in [2.24, 2.45) is 5.92 Å². The van der Waals surface area contributed by atoms with Crippen molar-refractivity contribution in [1.82, 2.24) is 10.3 Å². The van der Waals surface area contributed by atoms with Crippen LogP contribution in [0.3, 0.4) is 0 Å². The summed E-state index contributed by atoms with van der Waals surface area (Å²) in [4.78, 5) is 32.9. The summed E-state index contributed by atoms with van der Waals surface area (Å²) in [5, 5.41) is 21.6. The molecular weight excluding hydrogens is 314 g/mol. The number of hydrogen-bond acceptors (Lipinski definition) is 6. The lowest BCUT2D eigenvalue weighted by Gasteiger charge is -2.31. The molecule has 0 aliphatic heterocycles. The van der Waals surface area contributed by atoms with Crippen LogP contribution in [0.25, 0.3) is 0 Å². The van der Waals surface area contributed by atoms with E-state index in [2.05, 4.69) is 10.7 Å². The van der Waals surface area contributed by atoms with Crippen molar-refractivity contribution in [3.63, 3.8) is 0 Å². The van der Waals surface area contributed by atoms with Crippen LogP contribution in [0.15, 0.2) is 24.3 Å². The van der Waals surface area contributed by atoms with E-state index >= 15 is 0 Å². The number of carboxylic acid groups (broad SMARTS) is 1. The molecular formula is C16H23N3O5. The van der Waals surface area contributed by atoms with E-state index in [1.807, 2.05) is 0 Å². The Morgan fingerprint density at radius 2 is 1.83 bits per heavy atom. The minimum Gasteiger partial charge on any atom is -0.465 e. The zero-order chi connectivity index (χ0) is 18.1. The highest BCUT2D eigenvalue weighted by Crippen LogP contribution is 2.14. The highest BCUT2D eigenvalue weighted by molar-refractivity contribution is 5.71. The van der Waals surface area contributed by atoms with Crippen LogP contribution >= 0.6 is 0 Å². The van der Waals surface area contributed by atoms with E-state index in [0.717, 1.165) is 11.8 Å². The number of aldehydes is 2. The van der Waals surface area contributed by atoms with E-state index in [-0.39, 0.29) is 19.1 Å².